The average molecular weight is 450 g/mol. The molecule has 0 atom stereocenters. The van der Waals surface area contributed by atoms with Crippen molar-refractivity contribution in [2.45, 2.75) is 50.5 Å². The van der Waals surface area contributed by atoms with Gasteiger partial charge in [0.05, 0.1) is 0 Å². The second kappa shape index (κ2) is 8.65. The molecule has 6 rings (SSSR count). The molecule has 4 aliphatic carbocycles. The largest absolute Gasteiger partial charge is 0.338 e. The number of amides is 3. The second-order valence-corrected chi connectivity index (χ2v) is 10.1. The number of nitrogens with zero attached hydrogens (tertiary/aromatic N) is 2. The fourth-order valence-electron chi connectivity index (χ4n) is 6.48. The first-order valence-corrected chi connectivity index (χ1v) is 11.9. The SMILES string of the molecule is Cn1ccnc1C(=O)c1ccc(NC(=O)CCNC(=O)NC23CC4CC(CC(C4)C2)C3)cc1. The number of aryl methyl sites for hydroxylation is 1. The van der Waals surface area contributed by atoms with E-state index in [-0.39, 0.29) is 36.2 Å². The number of hydrogen-bond donors (Lipinski definition) is 3. The quantitative estimate of drug-likeness (QED) is 0.564. The van der Waals surface area contributed by atoms with Crippen molar-refractivity contribution in [2.75, 3.05) is 11.9 Å². The minimum atomic E-state index is -0.187. The highest BCUT2D eigenvalue weighted by Gasteiger charge is 2.51. The number of hydrogen-bond acceptors (Lipinski definition) is 4. The molecule has 8 heteroatoms. The lowest BCUT2D eigenvalue weighted by Crippen LogP contribution is -2.61. The minimum absolute atomic E-state index is 0.0325. The van der Waals surface area contributed by atoms with Gasteiger partial charge in [0.25, 0.3) is 0 Å². The van der Waals surface area contributed by atoms with Gasteiger partial charge in [0.15, 0.2) is 5.82 Å². The van der Waals surface area contributed by atoms with Crippen LogP contribution < -0.4 is 16.0 Å². The molecule has 4 aliphatic rings. The van der Waals surface area contributed by atoms with Crippen LogP contribution in [0.3, 0.4) is 0 Å². The molecule has 0 radical (unpaired) electrons. The summed E-state index contributed by atoms with van der Waals surface area (Å²) < 4.78 is 1.67. The number of carbonyl (C=O) groups excluding carboxylic acids is 3. The summed E-state index contributed by atoms with van der Waals surface area (Å²) in [6, 6.07) is 6.57. The molecular weight excluding hydrogens is 418 g/mol. The molecule has 0 spiro atoms. The van der Waals surface area contributed by atoms with Crippen LogP contribution in [0.4, 0.5) is 10.5 Å². The van der Waals surface area contributed by atoms with Crippen LogP contribution in [-0.2, 0) is 11.8 Å². The van der Waals surface area contributed by atoms with E-state index in [2.05, 4.69) is 20.9 Å². The molecule has 33 heavy (non-hydrogen) atoms. The van der Waals surface area contributed by atoms with Crippen molar-refractivity contribution in [3.05, 3.63) is 48.0 Å². The lowest BCUT2D eigenvalue weighted by atomic mass is 9.53. The van der Waals surface area contributed by atoms with Crippen LogP contribution in [0.5, 0.6) is 0 Å². The van der Waals surface area contributed by atoms with E-state index in [9.17, 15) is 14.4 Å². The molecule has 1 aromatic heterocycles. The zero-order valence-corrected chi connectivity index (χ0v) is 19.0. The smallest absolute Gasteiger partial charge is 0.315 e. The predicted molar refractivity (Wildman–Crippen MR) is 124 cm³/mol. The number of aromatic nitrogens is 2. The lowest BCUT2D eigenvalue weighted by molar-refractivity contribution is -0.116. The van der Waals surface area contributed by atoms with E-state index in [4.69, 9.17) is 0 Å². The average Bonchev–Trinajstić information content (AvgIpc) is 3.18. The van der Waals surface area contributed by atoms with E-state index in [0.717, 1.165) is 37.0 Å². The van der Waals surface area contributed by atoms with Crippen LogP contribution in [0.25, 0.3) is 0 Å². The van der Waals surface area contributed by atoms with E-state index in [0.29, 0.717) is 17.1 Å². The van der Waals surface area contributed by atoms with E-state index in [1.54, 1.807) is 48.3 Å². The van der Waals surface area contributed by atoms with Crippen molar-refractivity contribution >= 4 is 23.4 Å². The number of benzene rings is 1. The second-order valence-electron chi connectivity index (χ2n) is 10.1. The molecule has 0 unspecified atom stereocenters. The minimum Gasteiger partial charge on any atom is -0.338 e. The number of anilines is 1. The Balaban J connectivity index is 1.06. The van der Waals surface area contributed by atoms with Gasteiger partial charge in [-0.3, -0.25) is 9.59 Å². The van der Waals surface area contributed by atoms with Gasteiger partial charge in [0.2, 0.25) is 11.7 Å². The first-order valence-electron chi connectivity index (χ1n) is 11.9. The molecule has 3 N–H and O–H groups in total. The van der Waals surface area contributed by atoms with Crippen molar-refractivity contribution in [3.8, 4) is 0 Å². The highest BCUT2D eigenvalue weighted by molar-refractivity contribution is 6.07. The number of ketones is 1. The molecule has 2 aromatic rings. The van der Waals surface area contributed by atoms with Crippen molar-refractivity contribution in [3.63, 3.8) is 0 Å². The Morgan fingerprint density at radius 3 is 2.24 bits per heavy atom. The van der Waals surface area contributed by atoms with Crippen LogP contribution in [-0.4, -0.2) is 39.4 Å². The van der Waals surface area contributed by atoms with Gasteiger partial charge in [-0.2, -0.15) is 0 Å². The van der Waals surface area contributed by atoms with Gasteiger partial charge in [0.1, 0.15) is 0 Å². The van der Waals surface area contributed by atoms with Gasteiger partial charge < -0.3 is 20.5 Å². The summed E-state index contributed by atoms with van der Waals surface area (Å²) in [5, 5.41) is 8.93. The first-order chi connectivity index (χ1) is 15.9. The van der Waals surface area contributed by atoms with Crippen molar-refractivity contribution in [2.24, 2.45) is 24.8 Å². The maximum Gasteiger partial charge on any atom is 0.315 e. The first kappa shape index (κ1) is 21.7. The molecule has 0 aliphatic heterocycles. The van der Waals surface area contributed by atoms with E-state index < -0.39 is 0 Å². The number of nitrogens with one attached hydrogen (secondary N) is 3. The summed E-state index contributed by atoms with van der Waals surface area (Å²) in [6.45, 7) is 0.278. The van der Waals surface area contributed by atoms with E-state index in [1.165, 1.54) is 19.3 Å². The molecule has 4 saturated carbocycles. The molecule has 4 bridgehead atoms. The predicted octanol–water partition coefficient (Wildman–Crippen LogP) is 3.25. The van der Waals surface area contributed by atoms with Crippen LogP contribution in [0.15, 0.2) is 36.7 Å². The maximum absolute atomic E-state index is 12.5. The standard InChI is InChI=1S/C25H31N5O3/c1-30-9-8-26-23(30)22(32)19-2-4-20(5-3-19)28-21(31)6-7-27-24(33)29-25-13-16-10-17(14-25)12-18(11-16)15-25/h2-5,8-9,16-18H,6-7,10-15H2,1H3,(H,28,31)(H2,27,29,33). The third-order valence-corrected chi connectivity index (χ3v) is 7.51. The van der Waals surface area contributed by atoms with Crippen molar-refractivity contribution < 1.29 is 14.4 Å². The third kappa shape index (κ3) is 4.65. The van der Waals surface area contributed by atoms with Gasteiger partial charge in [-0.25, -0.2) is 9.78 Å². The summed E-state index contributed by atoms with van der Waals surface area (Å²) in [5.74, 6) is 2.32. The molecule has 0 saturated heterocycles. The zero-order valence-electron chi connectivity index (χ0n) is 19.0. The summed E-state index contributed by atoms with van der Waals surface area (Å²) >= 11 is 0. The maximum atomic E-state index is 12.5. The number of urea groups is 1. The Kier molecular flexibility index (Phi) is 5.68. The third-order valence-electron chi connectivity index (χ3n) is 7.51. The summed E-state index contributed by atoms with van der Waals surface area (Å²) in [5.41, 5.74) is 1.08. The topological polar surface area (TPSA) is 105 Å². The number of imidazole rings is 1. The van der Waals surface area contributed by atoms with Crippen molar-refractivity contribution in [1.29, 1.82) is 0 Å². The lowest BCUT2D eigenvalue weighted by Gasteiger charge is -2.56. The monoisotopic (exact) mass is 449 g/mol. The Hall–Kier alpha value is -3.16. The van der Waals surface area contributed by atoms with Gasteiger partial charge in [0, 0.05) is 49.2 Å². The molecule has 174 valence electrons. The van der Waals surface area contributed by atoms with Crippen LogP contribution in [0, 0.1) is 17.8 Å². The Labute approximate surface area is 193 Å². The van der Waals surface area contributed by atoms with Gasteiger partial charge in [-0.15, -0.1) is 0 Å². The highest BCUT2D eigenvalue weighted by Crippen LogP contribution is 2.55. The zero-order chi connectivity index (χ0) is 23.0. The van der Waals surface area contributed by atoms with Crippen LogP contribution in [0.2, 0.25) is 0 Å². The Bertz CT molecular complexity index is 1020. The fraction of sp³-hybridized carbons (Fsp3) is 0.520. The summed E-state index contributed by atoms with van der Waals surface area (Å²) in [7, 11) is 1.77. The summed E-state index contributed by atoms with van der Waals surface area (Å²) in [4.78, 5) is 41.3. The molecule has 4 fully saturated rings. The molecule has 1 heterocycles. The molecule has 1 aromatic carbocycles. The fourth-order valence-corrected chi connectivity index (χ4v) is 6.48. The molecule has 8 nitrogen and oxygen atoms in total. The van der Waals surface area contributed by atoms with Gasteiger partial charge >= 0.3 is 6.03 Å². The number of rotatable bonds is 7. The van der Waals surface area contributed by atoms with Crippen LogP contribution >= 0.6 is 0 Å². The normalized spacial score (nSPS) is 27.2. The molecular formula is C25H31N5O3. The van der Waals surface area contributed by atoms with Gasteiger partial charge in [-0.05, 0) is 80.5 Å². The number of carbonyl (C=O) groups is 3. The highest BCUT2D eigenvalue weighted by atomic mass is 16.2. The van der Waals surface area contributed by atoms with Crippen LogP contribution in [0.1, 0.15) is 61.1 Å². The summed E-state index contributed by atoms with van der Waals surface area (Å²) in [6.07, 6.45) is 10.8. The van der Waals surface area contributed by atoms with Gasteiger partial charge in [-0.1, -0.05) is 0 Å². The Morgan fingerprint density at radius 1 is 1.03 bits per heavy atom. The van der Waals surface area contributed by atoms with Crippen molar-refractivity contribution in [1.82, 2.24) is 20.2 Å². The molecule has 3 amide bonds. The van der Waals surface area contributed by atoms with E-state index >= 15 is 0 Å². The van der Waals surface area contributed by atoms with E-state index in [1.807, 2.05) is 0 Å². The Morgan fingerprint density at radius 2 is 1.67 bits per heavy atom.